The van der Waals surface area contributed by atoms with Crippen molar-refractivity contribution in [3.63, 3.8) is 0 Å². The maximum Gasteiger partial charge on any atom is 0.306 e. The first kappa shape index (κ1) is 78.4. The van der Waals surface area contributed by atoms with Crippen molar-refractivity contribution in [2.45, 2.75) is 399 Å². The highest BCUT2D eigenvalue weighted by atomic mass is 16.6. The molecule has 0 radical (unpaired) electrons. The van der Waals surface area contributed by atoms with Crippen LogP contribution in [0.3, 0.4) is 0 Å². The van der Waals surface area contributed by atoms with Gasteiger partial charge in [-0.05, 0) is 83.5 Å². The fraction of sp³-hybridized carbons (Fsp3) is 0.853. The van der Waals surface area contributed by atoms with Crippen molar-refractivity contribution >= 4 is 17.9 Å². The van der Waals surface area contributed by atoms with Crippen LogP contribution >= 0.6 is 0 Å². The van der Waals surface area contributed by atoms with Crippen molar-refractivity contribution in [3.05, 3.63) is 48.6 Å². The second-order valence-electron chi connectivity index (χ2n) is 24.5. The predicted molar refractivity (Wildman–Crippen MR) is 353 cm³/mol. The van der Waals surface area contributed by atoms with E-state index in [1.807, 2.05) is 0 Å². The highest BCUT2D eigenvalue weighted by Crippen LogP contribution is 2.18. The Kier molecular flexibility index (Phi) is 67.6. The Hall–Kier alpha value is -2.63. The SMILES string of the molecule is CCCCCCC/C=C\C/C=C\C/C=C\CCCCCCCCCCCCCCCCCCCCC(=O)OCC(COC(=O)CCCCCCCCCCC)OC(=O)CCCCCCCCCCC/C=C\CCCCCCCCCC. The van der Waals surface area contributed by atoms with E-state index in [1.165, 1.54) is 283 Å². The van der Waals surface area contributed by atoms with Gasteiger partial charge in [0.2, 0.25) is 0 Å². The minimum absolute atomic E-state index is 0.0684. The summed E-state index contributed by atoms with van der Waals surface area (Å²) in [5.41, 5.74) is 0. The molecule has 0 amide bonds. The molecule has 81 heavy (non-hydrogen) atoms. The molecule has 0 fully saturated rings. The van der Waals surface area contributed by atoms with E-state index >= 15 is 0 Å². The third kappa shape index (κ3) is 68.0. The fourth-order valence-corrected chi connectivity index (χ4v) is 10.9. The molecule has 474 valence electrons. The largest absolute Gasteiger partial charge is 0.462 e. The van der Waals surface area contributed by atoms with Crippen molar-refractivity contribution in [1.29, 1.82) is 0 Å². The van der Waals surface area contributed by atoms with Gasteiger partial charge in [-0.25, -0.2) is 0 Å². The van der Waals surface area contributed by atoms with Gasteiger partial charge in [0.25, 0.3) is 0 Å². The van der Waals surface area contributed by atoms with Crippen LogP contribution in [0.5, 0.6) is 0 Å². The zero-order valence-corrected chi connectivity index (χ0v) is 54.6. The number of unbranched alkanes of at least 4 members (excludes halogenated alkanes) is 48. The molecule has 0 aliphatic heterocycles. The number of carbonyl (C=O) groups is 3. The molecule has 0 spiro atoms. The van der Waals surface area contributed by atoms with Crippen LogP contribution in [0.4, 0.5) is 0 Å². The lowest BCUT2D eigenvalue weighted by atomic mass is 10.0. The lowest BCUT2D eigenvalue weighted by molar-refractivity contribution is -0.167. The van der Waals surface area contributed by atoms with Crippen molar-refractivity contribution < 1.29 is 28.6 Å². The highest BCUT2D eigenvalue weighted by molar-refractivity contribution is 5.71. The van der Waals surface area contributed by atoms with E-state index in [0.717, 1.165) is 70.6 Å². The second-order valence-corrected chi connectivity index (χ2v) is 24.5. The maximum absolute atomic E-state index is 12.9. The van der Waals surface area contributed by atoms with Gasteiger partial charge in [-0.3, -0.25) is 14.4 Å². The van der Waals surface area contributed by atoms with Crippen molar-refractivity contribution in [3.8, 4) is 0 Å². The standard InChI is InChI=1S/C75H138O6/c1-4-7-10-13-16-19-21-23-25-27-29-31-32-33-34-35-36-37-38-39-40-41-42-44-45-47-49-51-53-56-59-62-65-68-74(77)80-71-72(70-79-73(76)67-64-61-58-55-18-15-12-9-6-3)81-75(78)69-66-63-60-57-54-52-50-48-46-43-30-28-26-24-22-20-17-14-11-8-5-2/h21,23,27-30,32-33,72H,4-20,22,24-26,31,34-71H2,1-3H3/b23-21-,29-27-,30-28-,33-32-. The summed E-state index contributed by atoms with van der Waals surface area (Å²) in [5, 5.41) is 0. The monoisotopic (exact) mass is 1140 g/mol. The quantitative estimate of drug-likeness (QED) is 0.0261. The third-order valence-electron chi connectivity index (χ3n) is 16.3. The smallest absolute Gasteiger partial charge is 0.306 e. The molecule has 6 heteroatoms. The molecule has 0 N–H and O–H groups in total. The van der Waals surface area contributed by atoms with E-state index in [4.69, 9.17) is 14.2 Å². The Morgan fingerprint density at radius 2 is 0.444 bits per heavy atom. The molecule has 0 aromatic heterocycles. The molecule has 0 rings (SSSR count). The molecule has 0 aromatic rings. The van der Waals surface area contributed by atoms with Gasteiger partial charge in [0, 0.05) is 19.3 Å². The Morgan fingerprint density at radius 3 is 0.704 bits per heavy atom. The topological polar surface area (TPSA) is 78.9 Å². The first-order chi connectivity index (χ1) is 40.0. The van der Waals surface area contributed by atoms with Gasteiger partial charge in [-0.15, -0.1) is 0 Å². The Morgan fingerprint density at radius 1 is 0.247 bits per heavy atom. The predicted octanol–water partition coefficient (Wildman–Crippen LogP) is 24.9. The van der Waals surface area contributed by atoms with Gasteiger partial charge < -0.3 is 14.2 Å². The molecule has 0 aliphatic rings. The van der Waals surface area contributed by atoms with Gasteiger partial charge in [-0.1, -0.05) is 339 Å². The van der Waals surface area contributed by atoms with Gasteiger partial charge in [0.15, 0.2) is 6.10 Å². The van der Waals surface area contributed by atoms with E-state index in [-0.39, 0.29) is 31.1 Å². The number of esters is 3. The van der Waals surface area contributed by atoms with E-state index in [0.29, 0.717) is 19.3 Å². The molecule has 6 nitrogen and oxygen atoms in total. The maximum atomic E-state index is 12.9. The summed E-state index contributed by atoms with van der Waals surface area (Å²) in [7, 11) is 0. The highest BCUT2D eigenvalue weighted by Gasteiger charge is 2.19. The van der Waals surface area contributed by atoms with E-state index in [2.05, 4.69) is 69.4 Å². The summed E-state index contributed by atoms with van der Waals surface area (Å²) >= 11 is 0. The van der Waals surface area contributed by atoms with Gasteiger partial charge in [0.1, 0.15) is 13.2 Å². The first-order valence-corrected chi connectivity index (χ1v) is 36.1. The molecular formula is C75H138O6. The zero-order valence-electron chi connectivity index (χ0n) is 54.6. The van der Waals surface area contributed by atoms with Crippen LogP contribution in [-0.4, -0.2) is 37.2 Å². The fourth-order valence-electron chi connectivity index (χ4n) is 10.9. The number of ether oxygens (including phenoxy) is 3. The number of hydrogen-bond donors (Lipinski definition) is 0. The molecule has 1 atom stereocenters. The normalized spacial score (nSPS) is 12.3. The molecule has 0 heterocycles. The number of carbonyl (C=O) groups excluding carboxylic acids is 3. The van der Waals surface area contributed by atoms with Crippen LogP contribution in [-0.2, 0) is 28.6 Å². The van der Waals surface area contributed by atoms with Crippen molar-refractivity contribution in [1.82, 2.24) is 0 Å². The molecule has 1 unspecified atom stereocenters. The van der Waals surface area contributed by atoms with Gasteiger partial charge >= 0.3 is 17.9 Å². The number of hydrogen-bond acceptors (Lipinski definition) is 6. The van der Waals surface area contributed by atoms with Crippen LogP contribution in [0.1, 0.15) is 393 Å². The van der Waals surface area contributed by atoms with E-state index in [1.54, 1.807) is 0 Å². The summed E-state index contributed by atoms with van der Waals surface area (Å²) in [6, 6.07) is 0. The van der Waals surface area contributed by atoms with E-state index in [9.17, 15) is 14.4 Å². The molecular weight excluding hydrogens is 997 g/mol. The average Bonchev–Trinajstić information content (AvgIpc) is 3.47. The summed E-state index contributed by atoms with van der Waals surface area (Å²) < 4.78 is 16.9. The molecule has 0 saturated heterocycles. The summed E-state index contributed by atoms with van der Waals surface area (Å²) in [5.74, 6) is -0.848. The van der Waals surface area contributed by atoms with Crippen LogP contribution < -0.4 is 0 Å². The molecule has 0 aromatic carbocycles. The Bertz CT molecular complexity index is 1400. The summed E-state index contributed by atoms with van der Waals surface area (Å²) in [4.78, 5) is 38.3. The lowest BCUT2D eigenvalue weighted by Crippen LogP contribution is -2.30. The molecule has 0 bridgehead atoms. The van der Waals surface area contributed by atoms with Crippen LogP contribution in [0.15, 0.2) is 48.6 Å². The lowest BCUT2D eigenvalue weighted by Gasteiger charge is -2.18. The first-order valence-electron chi connectivity index (χ1n) is 36.1. The zero-order chi connectivity index (χ0) is 58.5. The summed E-state index contributed by atoms with van der Waals surface area (Å²) in [6.45, 7) is 6.67. The van der Waals surface area contributed by atoms with Crippen LogP contribution in [0.2, 0.25) is 0 Å². The van der Waals surface area contributed by atoms with Gasteiger partial charge in [0.05, 0.1) is 0 Å². The molecule has 0 saturated carbocycles. The second kappa shape index (κ2) is 69.9. The minimum atomic E-state index is -0.770. The molecule has 0 aliphatic carbocycles. The van der Waals surface area contributed by atoms with Gasteiger partial charge in [-0.2, -0.15) is 0 Å². The van der Waals surface area contributed by atoms with Crippen LogP contribution in [0, 0.1) is 0 Å². The Labute approximate surface area is 505 Å². The third-order valence-corrected chi connectivity index (χ3v) is 16.3. The minimum Gasteiger partial charge on any atom is -0.462 e. The average molecular weight is 1140 g/mol. The van der Waals surface area contributed by atoms with E-state index < -0.39 is 6.10 Å². The Balaban J connectivity index is 4.06. The number of rotatable bonds is 67. The summed E-state index contributed by atoms with van der Waals surface area (Å²) in [6.07, 6.45) is 88.8. The van der Waals surface area contributed by atoms with Crippen molar-refractivity contribution in [2.75, 3.05) is 13.2 Å². The van der Waals surface area contributed by atoms with Crippen molar-refractivity contribution in [2.24, 2.45) is 0 Å². The van der Waals surface area contributed by atoms with Crippen LogP contribution in [0.25, 0.3) is 0 Å². The number of allylic oxidation sites excluding steroid dienone is 8.